The van der Waals surface area contributed by atoms with Gasteiger partial charge in [-0.15, -0.1) is 0 Å². The van der Waals surface area contributed by atoms with Crippen molar-refractivity contribution in [2.45, 2.75) is 6.54 Å². The van der Waals surface area contributed by atoms with E-state index in [9.17, 15) is 9.18 Å². The van der Waals surface area contributed by atoms with Crippen molar-refractivity contribution in [1.82, 2.24) is 10.3 Å². The molecule has 1 amide bonds. The van der Waals surface area contributed by atoms with Gasteiger partial charge in [0.2, 0.25) is 0 Å². The molecule has 0 aliphatic heterocycles. The van der Waals surface area contributed by atoms with E-state index in [0.717, 1.165) is 11.3 Å². The lowest BCUT2D eigenvalue weighted by atomic mass is 10.2. The van der Waals surface area contributed by atoms with E-state index >= 15 is 0 Å². The molecule has 5 heteroatoms. The van der Waals surface area contributed by atoms with Gasteiger partial charge >= 0.3 is 0 Å². The van der Waals surface area contributed by atoms with Gasteiger partial charge in [-0.25, -0.2) is 4.39 Å². The fourth-order valence-electron chi connectivity index (χ4n) is 2.43. The van der Waals surface area contributed by atoms with Crippen LogP contribution in [0.1, 0.15) is 16.1 Å². The van der Waals surface area contributed by atoms with Crippen molar-refractivity contribution >= 4 is 22.5 Å². The molecule has 0 fully saturated rings. The molecule has 3 aromatic rings. The Balaban J connectivity index is 1.69. The number of rotatable bonds is 4. The van der Waals surface area contributed by atoms with Gasteiger partial charge in [-0.2, -0.15) is 0 Å². The number of nitrogens with zero attached hydrogens (tertiary/aromatic N) is 1. The number of H-pyrrole nitrogens is 1. The lowest BCUT2D eigenvalue weighted by molar-refractivity contribution is 0.0947. The van der Waals surface area contributed by atoms with E-state index in [1.165, 1.54) is 12.1 Å². The van der Waals surface area contributed by atoms with Gasteiger partial charge in [-0.1, -0.05) is 18.2 Å². The lowest BCUT2D eigenvalue weighted by Gasteiger charge is -2.12. The summed E-state index contributed by atoms with van der Waals surface area (Å²) >= 11 is 0. The monoisotopic (exact) mass is 311 g/mol. The van der Waals surface area contributed by atoms with Crippen LogP contribution < -0.4 is 10.2 Å². The maximum Gasteiger partial charge on any atom is 0.267 e. The number of nitrogens with one attached hydrogen (secondary N) is 2. The third-order valence-corrected chi connectivity index (χ3v) is 3.76. The summed E-state index contributed by atoms with van der Waals surface area (Å²) in [6.45, 7) is 0.421. The van der Waals surface area contributed by atoms with Crippen molar-refractivity contribution in [2.75, 3.05) is 19.0 Å². The molecule has 4 nitrogen and oxygen atoms in total. The van der Waals surface area contributed by atoms with Gasteiger partial charge in [0.15, 0.2) is 0 Å². The molecule has 0 saturated heterocycles. The average molecular weight is 311 g/mol. The summed E-state index contributed by atoms with van der Waals surface area (Å²) in [5.41, 5.74) is 3.08. The number of hydrogen-bond acceptors (Lipinski definition) is 2. The van der Waals surface area contributed by atoms with Crippen LogP contribution in [0, 0.1) is 5.82 Å². The van der Waals surface area contributed by atoms with Crippen molar-refractivity contribution in [1.29, 1.82) is 0 Å². The number of carbonyl (C=O) groups excluding carboxylic acids is 1. The molecule has 0 saturated carbocycles. The zero-order chi connectivity index (χ0) is 16.4. The average Bonchev–Trinajstić information content (AvgIpc) is 2.99. The Morgan fingerprint density at radius 2 is 1.91 bits per heavy atom. The van der Waals surface area contributed by atoms with E-state index < -0.39 is 0 Å². The molecule has 3 rings (SSSR count). The molecule has 118 valence electrons. The molecule has 1 heterocycles. The lowest BCUT2D eigenvalue weighted by Crippen LogP contribution is -2.23. The van der Waals surface area contributed by atoms with Gasteiger partial charge in [-0.3, -0.25) is 4.79 Å². The van der Waals surface area contributed by atoms with Crippen LogP contribution in [-0.2, 0) is 6.54 Å². The summed E-state index contributed by atoms with van der Waals surface area (Å²) in [5, 5.41) is 3.26. The van der Waals surface area contributed by atoms with Crippen LogP contribution in [-0.4, -0.2) is 25.0 Å². The highest BCUT2D eigenvalue weighted by Crippen LogP contribution is 2.18. The summed E-state index contributed by atoms with van der Waals surface area (Å²) in [4.78, 5) is 17.2. The van der Waals surface area contributed by atoms with Gasteiger partial charge in [0.1, 0.15) is 11.5 Å². The summed E-state index contributed by atoms with van der Waals surface area (Å²) in [6.07, 6.45) is 0. The Morgan fingerprint density at radius 1 is 1.17 bits per heavy atom. The molecule has 0 atom stereocenters. The van der Waals surface area contributed by atoms with Crippen molar-refractivity contribution < 1.29 is 9.18 Å². The molecule has 0 spiro atoms. The molecule has 1 aromatic heterocycles. The smallest absolute Gasteiger partial charge is 0.267 e. The van der Waals surface area contributed by atoms with Crippen molar-refractivity contribution in [3.8, 4) is 0 Å². The second-order valence-corrected chi connectivity index (χ2v) is 5.63. The molecule has 23 heavy (non-hydrogen) atoms. The van der Waals surface area contributed by atoms with Crippen molar-refractivity contribution in [3.05, 3.63) is 65.6 Å². The second kappa shape index (κ2) is 6.12. The normalized spacial score (nSPS) is 10.7. The van der Waals surface area contributed by atoms with E-state index in [0.29, 0.717) is 23.1 Å². The summed E-state index contributed by atoms with van der Waals surface area (Å²) in [6, 6.07) is 14.2. The predicted molar refractivity (Wildman–Crippen MR) is 90.2 cm³/mol. The van der Waals surface area contributed by atoms with E-state index in [4.69, 9.17) is 0 Å². The number of hydrogen-bond donors (Lipinski definition) is 2. The van der Waals surface area contributed by atoms with Crippen LogP contribution in [0.2, 0.25) is 0 Å². The second-order valence-electron chi connectivity index (χ2n) is 5.63. The highest BCUT2D eigenvalue weighted by Gasteiger charge is 2.11. The molecule has 0 unspecified atom stereocenters. The maximum atomic E-state index is 13.7. The number of benzene rings is 2. The molecule has 0 bridgehead atoms. The Labute approximate surface area is 133 Å². The van der Waals surface area contributed by atoms with E-state index in [1.807, 2.05) is 43.3 Å². The molecule has 2 aromatic carbocycles. The molecule has 0 radical (unpaired) electrons. The van der Waals surface area contributed by atoms with Crippen LogP contribution >= 0.6 is 0 Å². The molecular formula is C18H18FN3O. The standard InChI is InChI=1S/C18H18FN3O/c1-22(2)13-8-6-12(7-9-13)11-20-18(23)17-10-14-15(19)4-3-5-16(14)21-17/h3-10,21H,11H2,1-2H3,(H,20,23). The van der Waals surface area contributed by atoms with Crippen LogP contribution in [0.4, 0.5) is 10.1 Å². The van der Waals surface area contributed by atoms with Crippen molar-refractivity contribution in [3.63, 3.8) is 0 Å². The number of carbonyl (C=O) groups is 1. The fourth-order valence-corrected chi connectivity index (χ4v) is 2.43. The van der Waals surface area contributed by atoms with Crippen LogP contribution in [0.3, 0.4) is 0 Å². The van der Waals surface area contributed by atoms with Gasteiger partial charge in [0, 0.05) is 37.2 Å². The molecule has 0 aliphatic rings. The van der Waals surface area contributed by atoms with Crippen LogP contribution in [0.15, 0.2) is 48.5 Å². The first-order valence-corrected chi connectivity index (χ1v) is 7.36. The minimum Gasteiger partial charge on any atom is -0.378 e. The molecule has 2 N–H and O–H groups in total. The number of halogens is 1. The Hall–Kier alpha value is -2.82. The number of anilines is 1. The SMILES string of the molecule is CN(C)c1ccc(CNC(=O)c2cc3c(F)cccc3[nH]2)cc1. The van der Waals surface area contributed by atoms with Gasteiger partial charge in [-0.05, 0) is 35.9 Å². The minimum absolute atomic E-state index is 0.253. The fraction of sp³-hybridized carbons (Fsp3) is 0.167. The summed E-state index contributed by atoms with van der Waals surface area (Å²) in [7, 11) is 3.96. The van der Waals surface area contributed by atoms with E-state index in [-0.39, 0.29) is 11.7 Å². The number of fused-ring (bicyclic) bond motifs is 1. The summed E-state index contributed by atoms with van der Waals surface area (Å²) in [5.74, 6) is -0.589. The third-order valence-electron chi connectivity index (χ3n) is 3.76. The molecule has 0 aliphatic carbocycles. The first-order chi connectivity index (χ1) is 11.0. The highest BCUT2D eigenvalue weighted by molar-refractivity contribution is 5.98. The number of amides is 1. The largest absolute Gasteiger partial charge is 0.378 e. The van der Waals surface area contributed by atoms with Gasteiger partial charge in [0.05, 0.1) is 0 Å². The van der Waals surface area contributed by atoms with Crippen LogP contribution in [0.25, 0.3) is 10.9 Å². The Bertz CT molecular complexity index is 837. The van der Waals surface area contributed by atoms with Gasteiger partial charge in [0.25, 0.3) is 5.91 Å². The quantitative estimate of drug-likeness (QED) is 0.776. The minimum atomic E-state index is -0.336. The van der Waals surface area contributed by atoms with Crippen molar-refractivity contribution in [2.24, 2.45) is 0 Å². The number of aromatic amines is 1. The first kappa shape index (κ1) is 15.1. The Morgan fingerprint density at radius 3 is 2.57 bits per heavy atom. The third kappa shape index (κ3) is 3.18. The molecular weight excluding hydrogens is 293 g/mol. The maximum absolute atomic E-state index is 13.7. The first-order valence-electron chi connectivity index (χ1n) is 7.36. The number of aromatic nitrogens is 1. The van der Waals surface area contributed by atoms with E-state index in [1.54, 1.807) is 12.1 Å². The predicted octanol–water partition coefficient (Wildman–Crippen LogP) is 3.30. The Kier molecular flexibility index (Phi) is 4.02. The van der Waals surface area contributed by atoms with Crippen LogP contribution in [0.5, 0.6) is 0 Å². The summed E-state index contributed by atoms with van der Waals surface area (Å²) < 4.78 is 13.7. The van der Waals surface area contributed by atoms with Gasteiger partial charge < -0.3 is 15.2 Å². The highest BCUT2D eigenvalue weighted by atomic mass is 19.1. The zero-order valence-electron chi connectivity index (χ0n) is 13.1. The van der Waals surface area contributed by atoms with E-state index in [2.05, 4.69) is 10.3 Å². The topological polar surface area (TPSA) is 48.1 Å². The zero-order valence-corrected chi connectivity index (χ0v) is 13.1.